The Morgan fingerprint density at radius 2 is 1.96 bits per heavy atom. The number of allylic oxidation sites excluding steroid dienone is 1. The summed E-state index contributed by atoms with van der Waals surface area (Å²) >= 11 is 0. The van der Waals surface area contributed by atoms with Gasteiger partial charge in [-0.15, -0.1) is 0 Å². The molecule has 0 unspecified atom stereocenters. The predicted molar refractivity (Wildman–Crippen MR) is 81.2 cm³/mol. The van der Waals surface area contributed by atoms with Gasteiger partial charge in [-0.25, -0.2) is 4.39 Å². The summed E-state index contributed by atoms with van der Waals surface area (Å²) < 4.78 is 45.6. The fourth-order valence-corrected chi connectivity index (χ4v) is 2.59. The van der Waals surface area contributed by atoms with Crippen LogP contribution in [0, 0.1) is 5.82 Å². The Hall–Kier alpha value is -2.67. The van der Waals surface area contributed by atoms with Crippen LogP contribution in [-0.4, -0.2) is 20.5 Å². The maximum Gasteiger partial charge on any atom is 0.306 e. The van der Waals surface area contributed by atoms with Gasteiger partial charge in [0, 0.05) is 6.07 Å². The molecule has 0 N–H and O–H groups in total. The van der Waals surface area contributed by atoms with Crippen molar-refractivity contribution in [3.05, 3.63) is 65.2 Å². The van der Waals surface area contributed by atoms with Crippen molar-refractivity contribution in [2.75, 3.05) is 6.26 Å². The Labute approximate surface area is 132 Å². The van der Waals surface area contributed by atoms with E-state index in [1.54, 1.807) is 6.07 Å². The first kappa shape index (κ1) is 15.2. The summed E-state index contributed by atoms with van der Waals surface area (Å²) in [5, 5.41) is 0. The Kier molecular flexibility index (Phi) is 3.65. The van der Waals surface area contributed by atoms with E-state index < -0.39 is 15.9 Å². The van der Waals surface area contributed by atoms with E-state index >= 15 is 0 Å². The van der Waals surface area contributed by atoms with Crippen LogP contribution in [0.5, 0.6) is 11.5 Å². The Bertz CT molecular complexity index is 931. The van der Waals surface area contributed by atoms with Gasteiger partial charge in [-0.2, -0.15) is 8.42 Å². The molecule has 1 heterocycles. The lowest BCUT2D eigenvalue weighted by atomic mass is 10.1. The molecule has 1 aliphatic rings. The van der Waals surface area contributed by atoms with Crippen molar-refractivity contribution in [1.82, 2.24) is 0 Å². The summed E-state index contributed by atoms with van der Waals surface area (Å²) in [5.74, 6) is -0.520. The minimum Gasteiger partial charge on any atom is -0.452 e. The van der Waals surface area contributed by atoms with Crippen molar-refractivity contribution >= 4 is 22.0 Å². The molecule has 0 saturated heterocycles. The number of Topliss-reactive ketones (excluding diaryl/α,β-unsaturated/α-hetero) is 1. The van der Waals surface area contributed by atoms with E-state index in [-0.39, 0.29) is 28.6 Å². The van der Waals surface area contributed by atoms with Gasteiger partial charge in [0.2, 0.25) is 5.78 Å². The summed E-state index contributed by atoms with van der Waals surface area (Å²) in [7, 11) is -3.67. The molecule has 0 bridgehead atoms. The van der Waals surface area contributed by atoms with E-state index in [9.17, 15) is 17.6 Å². The zero-order valence-corrected chi connectivity index (χ0v) is 12.8. The third-order valence-electron chi connectivity index (χ3n) is 3.04. The zero-order valence-electron chi connectivity index (χ0n) is 11.9. The molecule has 0 spiro atoms. The number of benzene rings is 2. The van der Waals surface area contributed by atoms with Crippen LogP contribution in [0.2, 0.25) is 0 Å². The number of carbonyl (C=O) groups excluding carboxylic acids is 1. The van der Waals surface area contributed by atoms with Crippen molar-refractivity contribution < 1.29 is 26.5 Å². The minimum atomic E-state index is -3.67. The monoisotopic (exact) mass is 334 g/mol. The summed E-state index contributed by atoms with van der Waals surface area (Å²) in [5.41, 5.74) is 0.766. The molecular formula is C16H11FO5S. The number of rotatable bonds is 3. The summed E-state index contributed by atoms with van der Waals surface area (Å²) in [6.07, 6.45) is 2.34. The molecule has 7 heteroatoms. The molecular weight excluding hydrogens is 323 g/mol. The molecule has 0 aromatic heterocycles. The van der Waals surface area contributed by atoms with Crippen LogP contribution < -0.4 is 8.92 Å². The molecule has 0 atom stereocenters. The average molecular weight is 334 g/mol. The molecule has 2 aromatic carbocycles. The summed E-state index contributed by atoms with van der Waals surface area (Å²) in [6, 6.07) is 9.82. The third-order valence-corrected chi connectivity index (χ3v) is 3.53. The summed E-state index contributed by atoms with van der Waals surface area (Å²) in [6.45, 7) is 0. The molecule has 3 rings (SSSR count). The number of hydrogen-bond donors (Lipinski definition) is 0. The van der Waals surface area contributed by atoms with Gasteiger partial charge in [0.15, 0.2) is 5.76 Å². The second-order valence-corrected chi connectivity index (χ2v) is 6.52. The van der Waals surface area contributed by atoms with Crippen LogP contribution in [0.25, 0.3) is 6.08 Å². The minimum absolute atomic E-state index is 0.0297. The predicted octanol–water partition coefficient (Wildman–Crippen LogP) is 2.78. The Morgan fingerprint density at radius 1 is 1.17 bits per heavy atom. The average Bonchev–Trinajstić information content (AvgIpc) is 2.73. The van der Waals surface area contributed by atoms with Crippen LogP contribution >= 0.6 is 0 Å². The highest BCUT2D eigenvalue weighted by Crippen LogP contribution is 2.35. The molecule has 0 saturated carbocycles. The van der Waals surface area contributed by atoms with Crippen LogP contribution in [-0.2, 0) is 10.1 Å². The van der Waals surface area contributed by atoms with Crippen LogP contribution in [0.3, 0.4) is 0 Å². The Balaban J connectivity index is 1.92. The molecule has 0 radical (unpaired) electrons. The quantitative estimate of drug-likeness (QED) is 0.638. The SMILES string of the molecule is CS(=O)(=O)Oc1ccc2c(c1)O/C(=C\c1cccc(F)c1)C2=O. The van der Waals surface area contributed by atoms with E-state index in [1.165, 1.54) is 42.5 Å². The van der Waals surface area contributed by atoms with E-state index in [4.69, 9.17) is 8.92 Å². The molecule has 23 heavy (non-hydrogen) atoms. The van der Waals surface area contributed by atoms with Crippen molar-refractivity contribution in [2.45, 2.75) is 0 Å². The number of fused-ring (bicyclic) bond motifs is 1. The fourth-order valence-electron chi connectivity index (χ4n) is 2.14. The van der Waals surface area contributed by atoms with Crippen LogP contribution in [0.4, 0.5) is 4.39 Å². The first-order valence-electron chi connectivity index (χ1n) is 6.55. The van der Waals surface area contributed by atoms with E-state index in [0.717, 1.165) is 6.26 Å². The smallest absolute Gasteiger partial charge is 0.306 e. The van der Waals surface area contributed by atoms with Gasteiger partial charge in [0.1, 0.15) is 17.3 Å². The normalized spacial score (nSPS) is 15.4. The second kappa shape index (κ2) is 5.51. The van der Waals surface area contributed by atoms with Crippen molar-refractivity contribution in [1.29, 1.82) is 0 Å². The van der Waals surface area contributed by atoms with Gasteiger partial charge in [0.25, 0.3) is 0 Å². The van der Waals surface area contributed by atoms with Crippen LogP contribution in [0.1, 0.15) is 15.9 Å². The zero-order chi connectivity index (χ0) is 16.6. The van der Waals surface area contributed by atoms with Crippen molar-refractivity contribution in [3.63, 3.8) is 0 Å². The number of halogens is 1. The standard InChI is InChI=1S/C16H11FO5S/c1-23(19,20)22-12-5-6-13-14(9-12)21-15(16(13)18)8-10-3-2-4-11(17)7-10/h2-9H,1H3/b15-8-. The highest BCUT2D eigenvalue weighted by molar-refractivity contribution is 7.86. The van der Waals surface area contributed by atoms with Gasteiger partial charge in [0.05, 0.1) is 11.8 Å². The highest BCUT2D eigenvalue weighted by atomic mass is 32.2. The molecule has 0 fully saturated rings. The lowest BCUT2D eigenvalue weighted by Gasteiger charge is -2.03. The molecule has 0 aliphatic carbocycles. The van der Waals surface area contributed by atoms with E-state index in [0.29, 0.717) is 5.56 Å². The van der Waals surface area contributed by atoms with E-state index in [2.05, 4.69) is 0 Å². The van der Waals surface area contributed by atoms with Crippen molar-refractivity contribution in [2.24, 2.45) is 0 Å². The largest absolute Gasteiger partial charge is 0.452 e. The highest BCUT2D eigenvalue weighted by Gasteiger charge is 2.28. The number of ether oxygens (including phenoxy) is 1. The molecule has 5 nitrogen and oxygen atoms in total. The molecule has 118 valence electrons. The number of carbonyl (C=O) groups is 1. The first-order valence-corrected chi connectivity index (χ1v) is 8.37. The number of hydrogen-bond acceptors (Lipinski definition) is 5. The lowest BCUT2D eigenvalue weighted by Crippen LogP contribution is -2.05. The lowest BCUT2D eigenvalue weighted by molar-refractivity contribution is 0.101. The maximum absolute atomic E-state index is 13.2. The third kappa shape index (κ3) is 3.40. The van der Waals surface area contributed by atoms with Crippen LogP contribution in [0.15, 0.2) is 48.2 Å². The van der Waals surface area contributed by atoms with Crippen molar-refractivity contribution in [3.8, 4) is 11.5 Å². The molecule has 1 aliphatic heterocycles. The maximum atomic E-state index is 13.2. The molecule has 0 amide bonds. The summed E-state index contributed by atoms with van der Waals surface area (Å²) in [4.78, 5) is 12.2. The van der Waals surface area contributed by atoms with Gasteiger partial charge < -0.3 is 8.92 Å². The first-order chi connectivity index (χ1) is 10.8. The Morgan fingerprint density at radius 3 is 2.65 bits per heavy atom. The second-order valence-electron chi connectivity index (χ2n) is 4.94. The fraction of sp³-hybridized carbons (Fsp3) is 0.0625. The van der Waals surface area contributed by atoms with Gasteiger partial charge in [-0.1, -0.05) is 12.1 Å². The van der Waals surface area contributed by atoms with Gasteiger partial charge in [-0.3, -0.25) is 4.79 Å². The van der Waals surface area contributed by atoms with Gasteiger partial charge >= 0.3 is 10.1 Å². The molecule has 2 aromatic rings. The topological polar surface area (TPSA) is 69.7 Å². The number of ketones is 1. The van der Waals surface area contributed by atoms with Gasteiger partial charge in [-0.05, 0) is 35.9 Å². The van der Waals surface area contributed by atoms with E-state index in [1.807, 2.05) is 0 Å².